The Morgan fingerprint density at radius 2 is 2.00 bits per heavy atom. The van der Waals surface area contributed by atoms with Gasteiger partial charge in [-0.2, -0.15) is 0 Å². The minimum atomic E-state index is -0.389. The standard InChI is InChI=1S/C15H16N6O2/c1-3-10-4-6-11(7-5-10)17-12(22)8-21-9-16-14-13(15(21)23)18-19-20(14)2/h4-7,9H,3,8H2,1-2H3,(H,17,22). The van der Waals surface area contributed by atoms with Gasteiger partial charge < -0.3 is 5.32 Å². The molecule has 8 heteroatoms. The Morgan fingerprint density at radius 3 is 2.70 bits per heavy atom. The molecule has 2 heterocycles. The van der Waals surface area contributed by atoms with Crippen LogP contribution >= 0.6 is 0 Å². The molecule has 0 aliphatic carbocycles. The number of aryl methyl sites for hydroxylation is 2. The molecule has 0 spiro atoms. The Hall–Kier alpha value is -3.03. The van der Waals surface area contributed by atoms with Gasteiger partial charge in [0.15, 0.2) is 11.2 Å². The Kier molecular flexibility index (Phi) is 3.88. The molecule has 3 rings (SSSR count). The van der Waals surface area contributed by atoms with Crippen molar-refractivity contribution in [1.82, 2.24) is 24.5 Å². The summed E-state index contributed by atoms with van der Waals surface area (Å²) in [6.45, 7) is 1.93. The third-order valence-corrected chi connectivity index (χ3v) is 3.54. The monoisotopic (exact) mass is 312 g/mol. The number of carbonyl (C=O) groups is 1. The van der Waals surface area contributed by atoms with Crippen molar-refractivity contribution >= 4 is 22.8 Å². The van der Waals surface area contributed by atoms with Crippen LogP contribution in [0.5, 0.6) is 0 Å². The van der Waals surface area contributed by atoms with Gasteiger partial charge >= 0.3 is 0 Å². The first-order valence-electron chi connectivity index (χ1n) is 7.22. The number of nitrogens with one attached hydrogen (secondary N) is 1. The van der Waals surface area contributed by atoms with E-state index in [2.05, 4.69) is 27.5 Å². The fourth-order valence-electron chi connectivity index (χ4n) is 2.24. The van der Waals surface area contributed by atoms with Crippen LogP contribution in [0.2, 0.25) is 0 Å². The van der Waals surface area contributed by atoms with Crippen LogP contribution in [0.3, 0.4) is 0 Å². The van der Waals surface area contributed by atoms with Gasteiger partial charge in [-0.1, -0.05) is 24.3 Å². The lowest BCUT2D eigenvalue weighted by molar-refractivity contribution is -0.116. The van der Waals surface area contributed by atoms with Crippen LogP contribution in [0.4, 0.5) is 5.69 Å². The van der Waals surface area contributed by atoms with Gasteiger partial charge in [-0.25, -0.2) is 9.67 Å². The number of anilines is 1. The van der Waals surface area contributed by atoms with Crippen molar-refractivity contribution < 1.29 is 4.79 Å². The van der Waals surface area contributed by atoms with Crippen molar-refractivity contribution in [2.45, 2.75) is 19.9 Å². The van der Waals surface area contributed by atoms with Crippen LogP contribution in [0.15, 0.2) is 35.4 Å². The summed E-state index contributed by atoms with van der Waals surface area (Å²) in [4.78, 5) is 28.4. The highest BCUT2D eigenvalue weighted by Gasteiger charge is 2.12. The Morgan fingerprint density at radius 1 is 1.26 bits per heavy atom. The normalized spacial score (nSPS) is 10.9. The van der Waals surface area contributed by atoms with E-state index in [1.165, 1.54) is 21.1 Å². The highest BCUT2D eigenvalue weighted by Crippen LogP contribution is 2.10. The number of rotatable bonds is 4. The first kappa shape index (κ1) is 14.9. The van der Waals surface area contributed by atoms with Crippen LogP contribution in [0, 0.1) is 0 Å². The van der Waals surface area contributed by atoms with Crippen molar-refractivity contribution in [2.75, 3.05) is 5.32 Å². The van der Waals surface area contributed by atoms with E-state index in [0.717, 1.165) is 6.42 Å². The second-order valence-corrected chi connectivity index (χ2v) is 5.16. The maximum Gasteiger partial charge on any atom is 0.283 e. The Bertz CT molecular complexity index is 910. The molecule has 0 radical (unpaired) electrons. The van der Waals surface area contributed by atoms with Gasteiger partial charge in [0, 0.05) is 12.7 Å². The van der Waals surface area contributed by atoms with Gasteiger partial charge in [0.25, 0.3) is 5.56 Å². The average molecular weight is 312 g/mol. The minimum absolute atomic E-state index is 0.131. The molecule has 0 fully saturated rings. The zero-order valence-corrected chi connectivity index (χ0v) is 12.9. The van der Waals surface area contributed by atoms with E-state index in [1.54, 1.807) is 7.05 Å². The molecule has 1 N–H and O–H groups in total. The van der Waals surface area contributed by atoms with E-state index in [1.807, 2.05) is 24.3 Å². The van der Waals surface area contributed by atoms with Crippen molar-refractivity contribution in [2.24, 2.45) is 7.05 Å². The van der Waals surface area contributed by atoms with E-state index < -0.39 is 0 Å². The molecule has 0 aliphatic heterocycles. The van der Waals surface area contributed by atoms with Gasteiger partial charge in [-0.3, -0.25) is 14.2 Å². The molecular weight excluding hydrogens is 296 g/mol. The van der Waals surface area contributed by atoms with Crippen molar-refractivity contribution in [3.05, 3.63) is 46.5 Å². The first-order valence-corrected chi connectivity index (χ1v) is 7.22. The average Bonchev–Trinajstić information content (AvgIpc) is 2.93. The summed E-state index contributed by atoms with van der Waals surface area (Å²) in [5, 5.41) is 10.3. The van der Waals surface area contributed by atoms with Gasteiger partial charge in [-0.05, 0) is 24.1 Å². The molecule has 3 aromatic rings. The highest BCUT2D eigenvalue weighted by atomic mass is 16.2. The number of amides is 1. The van der Waals surface area contributed by atoms with Crippen LogP contribution in [0.1, 0.15) is 12.5 Å². The molecule has 1 amide bonds. The van der Waals surface area contributed by atoms with Crippen LogP contribution < -0.4 is 10.9 Å². The second-order valence-electron chi connectivity index (χ2n) is 5.16. The Labute approximate surface area is 131 Å². The van der Waals surface area contributed by atoms with Crippen molar-refractivity contribution in [1.29, 1.82) is 0 Å². The topological polar surface area (TPSA) is 94.7 Å². The summed E-state index contributed by atoms with van der Waals surface area (Å²) in [5.41, 5.74) is 2.03. The summed E-state index contributed by atoms with van der Waals surface area (Å²) >= 11 is 0. The molecule has 0 atom stereocenters. The van der Waals surface area contributed by atoms with Crippen LogP contribution in [0.25, 0.3) is 11.2 Å². The number of fused-ring (bicyclic) bond motifs is 1. The number of hydrogen-bond acceptors (Lipinski definition) is 5. The summed E-state index contributed by atoms with van der Waals surface area (Å²) in [6.07, 6.45) is 2.27. The Balaban J connectivity index is 1.77. The fourth-order valence-corrected chi connectivity index (χ4v) is 2.24. The molecular formula is C15H16N6O2. The first-order chi connectivity index (χ1) is 11.1. The molecule has 0 saturated carbocycles. The number of aromatic nitrogens is 5. The van der Waals surface area contributed by atoms with Gasteiger partial charge in [0.05, 0.1) is 0 Å². The van der Waals surface area contributed by atoms with E-state index in [-0.39, 0.29) is 23.5 Å². The summed E-state index contributed by atoms with van der Waals surface area (Å²) in [5.74, 6) is -0.304. The fraction of sp³-hybridized carbons (Fsp3) is 0.267. The number of nitrogens with zero attached hydrogens (tertiary/aromatic N) is 5. The van der Waals surface area contributed by atoms with E-state index in [0.29, 0.717) is 11.3 Å². The highest BCUT2D eigenvalue weighted by molar-refractivity contribution is 5.90. The smallest absolute Gasteiger partial charge is 0.283 e. The molecule has 0 unspecified atom stereocenters. The van der Waals surface area contributed by atoms with Crippen molar-refractivity contribution in [3.8, 4) is 0 Å². The lowest BCUT2D eigenvalue weighted by Gasteiger charge is -2.07. The van der Waals surface area contributed by atoms with Crippen LogP contribution in [-0.4, -0.2) is 30.5 Å². The zero-order valence-electron chi connectivity index (χ0n) is 12.9. The summed E-state index contributed by atoms with van der Waals surface area (Å²) in [6, 6.07) is 7.58. The van der Waals surface area contributed by atoms with Crippen LogP contribution in [-0.2, 0) is 24.8 Å². The molecule has 1 aromatic carbocycles. The van der Waals surface area contributed by atoms with E-state index in [4.69, 9.17) is 0 Å². The third-order valence-electron chi connectivity index (χ3n) is 3.54. The largest absolute Gasteiger partial charge is 0.325 e. The third kappa shape index (κ3) is 2.96. The van der Waals surface area contributed by atoms with Gasteiger partial charge in [-0.15, -0.1) is 5.10 Å². The lowest BCUT2D eigenvalue weighted by Crippen LogP contribution is -2.28. The summed E-state index contributed by atoms with van der Waals surface area (Å²) in [7, 11) is 1.65. The molecule has 2 aromatic heterocycles. The lowest BCUT2D eigenvalue weighted by atomic mass is 10.1. The molecule has 0 saturated heterocycles. The molecule has 0 bridgehead atoms. The number of hydrogen-bond donors (Lipinski definition) is 1. The predicted molar refractivity (Wildman–Crippen MR) is 85.0 cm³/mol. The van der Waals surface area contributed by atoms with Gasteiger partial charge in [0.2, 0.25) is 5.91 Å². The maximum atomic E-state index is 12.2. The molecule has 0 aliphatic rings. The SMILES string of the molecule is CCc1ccc(NC(=O)Cn2cnc3c(nnn3C)c2=O)cc1. The molecule has 23 heavy (non-hydrogen) atoms. The quantitative estimate of drug-likeness (QED) is 0.766. The van der Waals surface area contributed by atoms with Crippen molar-refractivity contribution in [3.63, 3.8) is 0 Å². The number of carbonyl (C=O) groups excluding carboxylic acids is 1. The van der Waals surface area contributed by atoms with E-state index in [9.17, 15) is 9.59 Å². The number of benzene rings is 1. The summed E-state index contributed by atoms with van der Waals surface area (Å²) < 4.78 is 2.63. The van der Waals surface area contributed by atoms with E-state index >= 15 is 0 Å². The zero-order chi connectivity index (χ0) is 16.4. The minimum Gasteiger partial charge on any atom is -0.325 e. The molecule has 8 nitrogen and oxygen atoms in total. The molecule has 118 valence electrons. The second kappa shape index (κ2) is 5.99. The predicted octanol–water partition coefficient (Wildman–Crippen LogP) is 0.726. The van der Waals surface area contributed by atoms with Gasteiger partial charge in [0.1, 0.15) is 12.9 Å². The maximum absolute atomic E-state index is 12.2.